The Morgan fingerprint density at radius 3 is 2.70 bits per heavy atom. The second-order valence-electron chi connectivity index (χ2n) is 4.93. The number of nitro groups is 1. The SMILES string of the molecule is C=C(CNC(C)C)Cn1cc([N+](=O)[O-])c(C)c(Br)c1=O. The molecule has 0 saturated carbocycles. The molecule has 0 radical (unpaired) electrons. The van der Waals surface area contributed by atoms with E-state index in [1.54, 1.807) is 6.92 Å². The normalized spacial score (nSPS) is 10.8. The summed E-state index contributed by atoms with van der Waals surface area (Å²) in [6.07, 6.45) is 1.27. The molecule has 1 heterocycles. The van der Waals surface area contributed by atoms with Crippen molar-refractivity contribution in [2.24, 2.45) is 0 Å². The van der Waals surface area contributed by atoms with Crippen LogP contribution in [0.25, 0.3) is 0 Å². The van der Waals surface area contributed by atoms with Gasteiger partial charge in [0, 0.05) is 24.7 Å². The van der Waals surface area contributed by atoms with E-state index >= 15 is 0 Å². The minimum absolute atomic E-state index is 0.0823. The molecule has 0 atom stereocenters. The Kier molecular flexibility index (Phi) is 5.64. The van der Waals surface area contributed by atoms with E-state index in [-0.39, 0.29) is 22.3 Å². The summed E-state index contributed by atoms with van der Waals surface area (Å²) in [6.45, 7) is 10.2. The number of nitrogens with zero attached hydrogens (tertiary/aromatic N) is 2. The average molecular weight is 344 g/mol. The summed E-state index contributed by atoms with van der Waals surface area (Å²) in [7, 11) is 0. The Morgan fingerprint density at radius 1 is 1.60 bits per heavy atom. The molecule has 0 saturated heterocycles. The number of rotatable bonds is 6. The van der Waals surface area contributed by atoms with Gasteiger partial charge in [0.05, 0.1) is 15.6 Å². The Labute approximate surface area is 125 Å². The van der Waals surface area contributed by atoms with Crippen LogP contribution in [0.2, 0.25) is 0 Å². The van der Waals surface area contributed by atoms with Crippen molar-refractivity contribution in [1.29, 1.82) is 0 Å². The number of pyridine rings is 1. The maximum atomic E-state index is 12.1. The van der Waals surface area contributed by atoms with Crippen molar-refractivity contribution in [3.63, 3.8) is 0 Å². The van der Waals surface area contributed by atoms with Crippen molar-refractivity contribution in [3.05, 3.63) is 48.9 Å². The fourth-order valence-electron chi connectivity index (χ4n) is 1.65. The molecule has 0 aliphatic carbocycles. The predicted octanol–water partition coefficient (Wildman–Crippen LogP) is 2.38. The van der Waals surface area contributed by atoms with Gasteiger partial charge >= 0.3 is 0 Å². The average Bonchev–Trinajstić information content (AvgIpc) is 2.36. The summed E-state index contributed by atoms with van der Waals surface area (Å²) >= 11 is 3.12. The summed E-state index contributed by atoms with van der Waals surface area (Å²) in [4.78, 5) is 22.5. The van der Waals surface area contributed by atoms with Gasteiger partial charge in [-0.25, -0.2) is 0 Å². The molecule has 0 unspecified atom stereocenters. The lowest BCUT2D eigenvalue weighted by atomic mass is 10.2. The lowest BCUT2D eigenvalue weighted by molar-refractivity contribution is -0.386. The van der Waals surface area contributed by atoms with E-state index in [0.29, 0.717) is 18.2 Å². The van der Waals surface area contributed by atoms with Crippen LogP contribution >= 0.6 is 15.9 Å². The van der Waals surface area contributed by atoms with Crippen molar-refractivity contribution in [2.75, 3.05) is 6.54 Å². The van der Waals surface area contributed by atoms with Crippen LogP contribution in [-0.2, 0) is 6.54 Å². The first-order valence-electron chi connectivity index (χ1n) is 6.18. The molecule has 0 spiro atoms. The van der Waals surface area contributed by atoms with Crippen LogP contribution in [0.4, 0.5) is 5.69 Å². The van der Waals surface area contributed by atoms with Crippen LogP contribution in [0.3, 0.4) is 0 Å². The van der Waals surface area contributed by atoms with Gasteiger partial charge in [-0.3, -0.25) is 14.9 Å². The maximum Gasteiger partial charge on any atom is 0.289 e. The summed E-state index contributed by atoms with van der Waals surface area (Å²) in [6, 6.07) is 0.308. The van der Waals surface area contributed by atoms with E-state index in [9.17, 15) is 14.9 Å². The highest BCUT2D eigenvalue weighted by molar-refractivity contribution is 9.10. The van der Waals surface area contributed by atoms with Gasteiger partial charge in [-0.05, 0) is 28.4 Å². The van der Waals surface area contributed by atoms with Crippen molar-refractivity contribution >= 4 is 21.6 Å². The molecule has 1 aromatic heterocycles. The van der Waals surface area contributed by atoms with Gasteiger partial charge in [0.1, 0.15) is 0 Å². The Morgan fingerprint density at radius 2 is 2.20 bits per heavy atom. The zero-order chi connectivity index (χ0) is 15.4. The number of hydrogen-bond acceptors (Lipinski definition) is 4. The van der Waals surface area contributed by atoms with E-state index in [2.05, 4.69) is 27.8 Å². The van der Waals surface area contributed by atoms with E-state index in [1.165, 1.54) is 10.8 Å². The van der Waals surface area contributed by atoms with Crippen molar-refractivity contribution in [1.82, 2.24) is 9.88 Å². The minimum atomic E-state index is -0.495. The lowest BCUT2D eigenvalue weighted by Crippen LogP contribution is -2.28. The van der Waals surface area contributed by atoms with Gasteiger partial charge in [-0.15, -0.1) is 0 Å². The Hall–Kier alpha value is -1.47. The standard InChI is InChI=1S/C13H18BrN3O3/c1-8(2)15-5-9(3)6-16-7-11(17(19)20)10(4)12(14)13(16)18/h7-8,15H,3,5-6H2,1-2,4H3. The molecule has 0 amide bonds. The molecular formula is C13H18BrN3O3. The summed E-state index contributed by atoms with van der Waals surface area (Å²) in [5.41, 5.74) is 0.743. The molecule has 7 heteroatoms. The van der Waals surface area contributed by atoms with E-state index in [0.717, 1.165) is 5.57 Å². The van der Waals surface area contributed by atoms with Gasteiger partial charge in [0.2, 0.25) is 0 Å². The van der Waals surface area contributed by atoms with Crippen LogP contribution in [0.15, 0.2) is 27.6 Å². The van der Waals surface area contributed by atoms with Crippen LogP contribution in [-0.4, -0.2) is 22.1 Å². The highest BCUT2D eigenvalue weighted by Crippen LogP contribution is 2.22. The number of halogens is 1. The van der Waals surface area contributed by atoms with Gasteiger partial charge in [-0.2, -0.15) is 0 Å². The van der Waals surface area contributed by atoms with Crippen LogP contribution in [0.1, 0.15) is 19.4 Å². The third-order valence-corrected chi connectivity index (χ3v) is 3.73. The Balaban J connectivity index is 3.04. The first-order valence-corrected chi connectivity index (χ1v) is 6.97. The van der Waals surface area contributed by atoms with Crippen LogP contribution < -0.4 is 10.9 Å². The molecule has 6 nitrogen and oxygen atoms in total. The second kappa shape index (κ2) is 6.81. The van der Waals surface area contributed by atoms with Crippen molar-refractivity contribution in [3.8, 4) is 0 Å². The fourth-order valence-corrected chi connectivity index (χ4v) is 2.08. The highest BCUT2D eigenvalue weighted by atomic mass is 79.9. The first-order chi connectivity index (χ1) is 9.23. The smallest absolute Gasteiger partial charge is 0.289 e. The zero-order valence-electron chi connectivity index (χ0n) is 11.8. The highest BCUT2D eigenvalue weighted by Gasteiger charge is 2.18. The lowest BCUT2D eigenvalue weighted by Gasteiger charge is -2.13. The number of nitrogens with one attached hydrogen (secondary N) is 1. The number of aromatic nitrogens is 1. The molecule has 1 rings (SSSR count). The first kappa shape index (κ1) is 16.6. The van der Waals surface area contributed by atoms with Gasteiger partial charge in [-0.1, -0.05) is 20.4 Å². The number of hydrogen-bond donors (Lipinski definition) is 1. The molecule has 0 aliphatic rings. The quantitative estimate of drug-likeness (QED) is 0.488. The van der Waals surface area contributed by atoms with E-state index in [4.69, 9.17) is 0 Å². The van der Waals surface area contributed by atoms with Gasteiger partial charge in [0.15, 0.2) is 0 Å². The summed E-state index contributed by atoms with van der Waals surface area (Å²) < 4.78 is 1.52. The molecule has 1 N–H and O–H groups in total. The third-order valence-electron chi connectivity index (χ3n) is 2.79. The van der Waals surface area contributed by atoms with Gasteiger partial charge < -0.3 is 9.88 Å². The molecule has 20 heavy (non-hydrogen) atoms. The van der Waals surface area contributed by atoms with Crippen LogP contribution in [0.5, 0.6) is 0 Å². The molecule has 0 aromatic carbocycles. The monoisotopic (exact) mass is 343 g/mol. The molecular weight excluding hydrogens is 326 g/mol. The molecule has 0 bridgehead atoms. The maximum absolute atomic E-state index is 12.1. The Bertz CT molecular complexity index is 593. The van der Waals surface area contributed by atoms with E-state index in [1.807, 2.05) is 13.8 Å². The van der Waals surface area contributed by atoms with E-state index < -0.39 is 4.92 Å². The molecule has 110 valence electrons. The predicted molar refractivity (Wildman–Crippen MR) is 82.1 cm³/mol. The van der Waals surface area contributed by atoms with Gasteiger partial charge in [0.25, 0.3) is 11.2 Å². The summed E-state index contributed by atoms with van der Waals surface area (Å²) in [5, 5.41) is 14.2. The topological polar surface area (TPSA) is 77.2 Å². The zero-order valence-corrected chi connectivity index (χ0v) is 13.4. The molecule has 0 fully saturated rings. The van der Waals surface area contributed by atoms with Crippen LogP contribution in [0, 0.1) is 17.0 Å². The van der Waals surface area contributed by atoms with Crippen molar-refractivity contribution in [2.45, 2.75) is 33.4 Å². The molecule has 0 aliphatic heterocycles. The minimum Gasteiger partial charge on any atom is -0.311 e. The largest absolute Gasteiger partial charge is 0.311 e. The summed E-state index contributed by atoms with van der Waals surface area (Å²) in [5.74, 6) is 0. The third kappa shape index (κ3) is 4.01. The molecule has 1 aromatic rings. The second-order valence-corrected chi connectivity index (χ2v) is 5.72. The fraction of sp³-hybridized carbons (Fsp3) is 0.462. The van der Waals surface area contributed by atoms with Crippen molar-refractivity contribution < 1.29 is 4.92 Å².